The molecule has 0 heterocycles. The van der Waals surface area contributed by atoms with E-state index in [0.29, 0.717) is 35.8 Å². The van der Waals surface area contributed by atoms with Gasteiger partial charge in [0.1, 0.15) is 0 Å². The Hall–Kier alpha value is -1.59. The van der Waals surface area contributed by atoms with Gasteiger partial charge < -0.3 is 15.4 Å². The molecule has 2 N–H and O–H groups in total. The van der Waals surface area contributed by atoms with Gasteiger partial charge in [-0.05, 0) is 24.6 Å². The third-order valence-electron chi connectivity index (χ3n) is 3.60. The topological polar surface area (TPSA) is 67.4 Å². The molecule has 0 aliphatic carbocycles. The molecule has 0 fully saturated rings. The van der Waals surface area contributed by atoms with E-state index in [4.69, 9.17) is 16.3 Å². The number of anilines is 1. The quantitative estimate of drug-likeness (QED) is 0.590. The molecule has 0 spiro atoms. The number of carbonyl (C=O) groups excluding carboxylic acids is 2. The molecule has 0 unspecified atom stereocenters. The van der Waals surface area contributed by atoms with Crippen LogP contribution in [0.5, 0.6) is 0 Å². The second-order valence-corrected chi connectivity index (χ2v) is 6.06. The summed E-state index contributed by atoms with van der Waals surface area (Å²) >= 11 is 6.14. The van der Waals surface area contributed by atoms with Crippen molar-refractivity contribution in [3.8, 4) is 0 Å². The maximum atomic E-state index is 12.0. The molecule has 0 saturated carbocycles. The van der Waals surface area contributed by atoms with Gasteiger partial charge in [-0.1, -0.05) is 44.2 Å². The normalized spacial score (nSPS) is 10.5. The molecular weight excluding hydrogens is 328 g/mol. The van der Waals surface area contributed by atoms with Crippen LogP contribution in [-0.4, -0.2) is 32.1 Å². The van der Waals surface area contributed by atoms with Gasteiger partial charge in [-0.2, -0.15) is 0 Å². The molecule has 1 rings (SSSR count). The van der Waals surface area contributed by atoms with Crippen LogP contribution >= 0.6 is 11.6 Å². The highest BCUT2D eigenvalue weighted by Crippen LogP contribution is 2.21. The summed E-state index contributed by atoms with van der Waals surface area (Å²) in [5, 5.41) is 5.84. The van der Waals surface area contributed by atoms with Gasteiger partial charge in [0.2, 0.25) is 5.91 Å². The number of amides is 2. The average molecular weight is 355 g/mol. The van der Waals surface area contributed by atoms with Crippen LogP contribution in [0.25, 0.3) is 0 Å². The van der Waals surface area contributed by atoms with E-state index in [9.17, 15) is 9.59 Å². The maximum absolute atomic E-state index is 12.0. The van der Waals surface area contributed by atoms with E-state index in [-0.39, 0.29) is 11.8 Å². The zero-order chi connectivity index (χ0) is 17.8. The van der Waals surface area contributed by atoms with Crippen LogP contribution in [0.3, 0.4) is 0 Å². The van der Waals surface area contributed by atoms with Crippen molar-refractivity contribution in [1.29, 1.82) is 0 Å². The predicted octanol–water partition coefficient (Wildman–Crippen LogP) is 4.02. The van der Waals surface area contributed by atoms with Crippen molar-refractivity contribution in [1.82, 2.24) is 5.32 Å². The fourth-order valence-electron chi connectivity index (χ4n) is 2.25. The first-order valence-electron chi connectivity index (χ1n) is 8.45. The summed E-state index contributed by atoms with van der Waals surface area (Å²) in [6, 6.07) is 4.90. The van der Waals surface area contributed by atoms with Gasteiger partial charge in [-0.15, -0.1) is 0 Å². The Kier molecular flexibility index (Phi) is 10.1. The van der Waals surface area contributed by atoms with Gasteiger partial charge in [-0.3, -0.25) is 9.59 Å². The van der Waals surface area contributed by atoms with Crippen molar-refractivity contribution in [3.63, 3.8) is 0 Å². The van der Waals surface area contributed by atoms with Gasteiger partial charge >= 0.3 is 0 Å². The molecule has 6 heteroatoms. The van der Waals surface area contributed by atoms with Crippen LogP contribution in [0.4, 0.5) is 5.69 Å². The van der Waals surface area contributed by atoms with Crippen molar-refractivity contribution in [2.24, 2.45) is 0 Å². The first-order chi connectivity index (χ1) is 11.6. The summed E-state index contributed by atoms with van der Waals surface area (Å²) in [5.74, 6) is -0.286. The molecule has 0 bridgehead atoms. The molecular formula is C18H27ClN2O3. The monoisotopic (exact) mass is 354 g/mol. The Morgan fingerprint density at radius 2 is 1.92 bits per heavy atom. The highest BCUT2D eigenvalue weighted by molar-refractivity contribution is 6.34. The van der Waals surface area contributed by atoms with E-state index < -0.39 is 0 Å². The molecule has 1 aromatic carbocycles. The van der Waals surface area contributed by atoms with E-state index >= 15 is 0 Å². The third-order valence-corrected chi connectivity index (χ3v) is 3.91. The number of carbonyl (C=O) groups is 2. The van der Waals surface area contributed by atoms with Gasteiger partial charge in [0.05, 0.1) is 17.2 Å². The van der Waals surface area contributed by atoms with Crippen molar-refractivity contribution >= 4 is 29.1 Å². The van der Waals surface area contributed by atoms with Crippen LogP contribution in [-0.2, 0) is 9.53 Å². The molecule has 24 heavy (non-hydrogen) atoms. The van der Waals surface area contributed by atoms with E-state index in [2.05, 4.69) is 17.6 Å². The average Bonchev–Trinajstić information content (AvgIpc) is 2.55. The molecule has 0 radical (unpaired) electrons. The molecule has 2 amide bonds. The van der Waals surface area contributed by atoms with E-state index in [1.54, 1.807) is 25.3 Å². The van der Waals surface area contributed by atoms with Crippen molar-refractivity contribution < 1.29 is 14.3 Å². The smallest absolute Gasteiger partial charge is 0.252 e. The highest BCUT2D eigenvalue weighted by atomic mass is 35.5. The number of nitrogens with one attached hydrogen (secondary N) is 2. The van der Waals surface area contributed by atoms with Crippen LogP contribution < -0.4 is 10.6 Å². The second kappa shape index (κ2) is 11.9. The van der Waals surface area contributed by atoms with E-state index in [1.165, 1.54) is 19.3 Å². The van der Waals surface area contributed by atoms with Gasteiger partial charge in [0.15, 0.2) is 0 Å². The largest absolute Gasteiger partial charge is 0.383 e. The van der Waals surface area contributed by atoms with Crippen LogP contribution in [0.2, 0.25) is 5.02 Å². The fraction of sp³-hybridized carbons (Fsp3) is 0.556. The maximum Gasteiger partial charge on any atom is 0.252 e. The Balaban J connectivity index is 2.46. The standard InChI is InChI=1S/C18H27ClN2O3/c1-3-4-5-6-7-8-17(22)21-14-9-10-15(16(19)13-14)18(23)20-11-12-24-2/h9-10,13H,3-8,11-12H2,1-2H3,(H,20,23)(H,21,22). The lowest BCUT2D eigenvalue weighted by atomic mass is 10.1. The summed E-state index contributed by atoms with van der Waals surface area (Å²) in [5.41, 5.74) is 0.984. The first kappa shape index (κ1) is 20.5. The molecule has 5 nitrogen and oxygen atoms in total. The van der Waals surface area contributed by atoms with Gasteiger partial charge in [0, 0.05) is 25.8 Å². The van der Waals surface area contributed by atoms with Crippen molar-refractivity contribution in [2.75, 3.05) is 25.6 Å². The van der Waals surface area contributed by atoms with Gasteiger partial charge in [0.25, 0.3) is 5.91 Å². The van der Waals surface area contributed by atoms with Crippen LogP contribution in [0.1, 0.15) is 55.8 Å². The fourth-order valence-corrected chi connectivity index (χ4v) is 2.52. The summed E-state index contributed by atoms with van der Waals surface area (Å²) in [7, 11) is 1.57. The Labute approximate surface area is 149 Å². The van der Waals surface area contributed by atoms with E-state index in [0.717, 1.165) is 12.8 Å². The molecule has 1 aromatic rings. The predicted molar refractivity (Wildman–Crippen MR) is 97.7 cm³/mol. The minimum atomic E-state index is -0.258. The number of benzene rings is 1. The molecule has 0 aromatic heterocycles. The Bertz CT molecular complexity index is 535. The number of halogens is 1. The van der Waals surface area contributed by atoms with Crippen LogP contribution in [0.15, 0.2) is 18.2 Å². The molecule has 0 saturated heterocycles. The zero-order valence-corrected chi connectivity index (χ0v) is 15.2. The molecule has 0 atom stereocenters. The third kappa shape index (κ3) is 7.79. The Morgan fingerprint density at radius 1 is 1.17 bits per heavy atom. The minimum Gasteiger partial charge on any atom is -0.383 e. The summed E-state index contributed by atoms with van der Waals surface area (Å²) in [6.45, 7) is 3.02. The van der Waals surface area contributed by atoms with Crippen molar-refractivity contribution in [2.45, 2.75) is 45.4 Å². The number of unbranched alkanes of at least 4 members (excludes halogenated alkanes) is 4. The SMILES string of the molecule is CCCCCCCC(=O)Nc1ccc(C(=O)NCCOC)c(Cl)c1. The lowest BCUT2D eigenvalue weighted by molar-refractivity contribution is -0.116. The van der Waals surface area contributed by atoms with Crippen LogP contribution in [0, 0.1) is 0 Å². The summed E-state index contributed by atoms with van der Waals surface area (Å²) in [6.07, 6.45) is 6.03. The zero-order valence-electron chi connectivity index (χ0n) is 14.5. The molecule has 134 valence electrons. The van der Waals surface area contributed by atoms with E-state index in [1.807, 2.05) is 0 Å². The summed E-state index contributed by atoms with van der Waals surface area (Å²) in [4.78, 5) is 23.9. The number of hydrogen-bond acceptors (Lipinski definition) is 3. The molecule has 0 aliphatic heterocycles. The number of methoxy groups -OCH3 is 1. The Morgan fingerprint density at radius 3 is 2.58 bits per heavy atom. The number of rotatable bonds is 11. The highest BCUT2D eigenvalue weighted by Gasteiger charge is 2.11. The number of hydrogen-bond donors (Lipinski definition) is 2. The van der Waals surface area contributed by atoms with Gasteiger partial charge in [-0.25, -0.2) is 0 Å². The molecule has 0 aliphatic rings. The first-order valence-corrected chi connectivity index (χ1v) is 8.82. The second-order valence-electron chi connectivity index (χ2n) is 5.66. The minimum absolute atomic E-state index is 0.0279. The lowest BCUT2D eigenvalue weighted by Crippen LogP contribution is -2.27. The lowest BCUT2D eigenvalue weighted by Gasteiger charge is -2.09. The number of ether oxygens (including phenoxy) is 1. The van der Waals surface area contributed by atoms with Crippen molar-refractivity contribution in [3.05, 3.63) is 28.8 Å². The summed E-state index contributed by atoms with van der Waals surface area (Å²) < 4.78 is 4.88.